The monoisotopic (exact) mass is 163 g/mol. The molecule has 0 spiro atoms. The largest absolute Gasteiger partial charge is 0.316 e. The van der Waals surface area contributed by atoms with Gasteiger partial charge in [-0.25, -0.2) is 0 Å². The van der Waals surface area contributed by atoms with Gasteiger partial charge in [-0.3, -0.25) is 0 Å². The van der Waals surface area contributed by atoms with Gasteiger partial charge in [0.15, 0.2) is 0 Å². The summed E-state index contributed by atoms with van der Waals surface area (Å²) >= 11 is 0. The van der Waals surface area contributed by atoms with Crippen molar-refractivity contribution in [3.63, 3.8) is 0 Å². The Morgan fingerprint density at radius 3 is 2.92 bits per heavy atom. The molecule has 0 aromatic carbocycles. The van der Waals surface area contributed by atoms with Gasteiger partial charge in [0.05, 0.1) is 0 Å². The maximum Gasteiger partial charge on any atom is 0.00206 e. The van der Waals surface area contributed by atoms with Crippen LogP contribution in [0.1, 0.15) is 13.3 Å². The molecule has 0 radical (unpaired) electrons. The lowest BCUT2D eigenvalue weighted by atomic mass is 9.97. The highest BCUT2D eigenvalue weighted by atomic mass is 14.9. The summed E-state index contributed by atoms with van der Waals surface area (Å²) in [5, 5.41) is 3.36. The minimum absolute atomic E-state index is 0.694. The van der Waals surface area contributed by atoms with Gasteiger partial charge in [0, 0.05) is 6.54 Å². The molecule has 1 fully saturated rings. The minimum atomic E-state index is 0.694. The molecule has 0 aromatic heterocycles. The van der Waals surface area contributed by atoms with E-state index in [0.717, 1.165) is 13.1 Å². The van der Waals surface area contributed by atoms with E-state index >= 15 is 0 Å². The van der Waals surface area contributed by atoms with E-state index in [-0.39, 0.29) is 0 Å². The van der Waals surface area contributed by atoms with Crippen LogP contribution in [-0.2, 0) is 0 Å². The molecule has 1 aliphatic heterocycles. The Labute approximate surface area is 74.9 Å². The number of allylic oxidation sites excluding steroid dienone is 4. The molecule has 0 aromatic rings. The van der Waals surface area contributed by atoms with Crippen molar-refractivity contribution in [1.29, 1.82) is 0 Å². The lowest BCUT2D eigenvalue weighted by Crippen LogP contribution is -2.09. The zero-order valence-electron chi connectivity index (χ0n) is 7.72. The first-order valence-corrected chi connectivity index (χ1v) is 4.54. The fourth-order valence-electron chi connectivity index (χ4n) is 1.60. The van der Waals surface area contributed by atoms with Crippen molar-refractivity contribution in [1.82, 2.24) is 5.32 Å². The molecule has 1 N–H and O–H groups in total. The van der Waals surface area contributed by atoms with E-state index in [1.54, 1.807) is 0 Å². The van der Waals surface area contributed by atoms with Crippen LogP contribution in [0.3, 0.4) is 0 Å². The highest BCUT2D eigenvalue weighted by molar-refractivity contribution is 5.26. The number of hydrogen-bond acceptors (Lipinski definition) is 1. The van der Waals surface area contributed by atoms with Gasteiger partial charge < -0.3 is 5.32 Å². The maximum absolute atomic E-state index is 3.72. The molecular formula is C11H17N. The number of rotatable bonds is 3. The predicted molar refractivity (Wildman–Crippen MR) is 54.1 cm³/mol. The molecule has 1 unspecified atom stereocenters. The van der Waals surface area contributed by atoms with Crippen molar-refractivity contribution in [3.05, 3.63) is 36.5 Å². The zero-order valence-corrected chi connectivity index (χ0v) is 7.72. The summed E-state index contributed by atoms with van der Waals surface area (Å²) in [6.45, 7) is 8.04. The third-order valence-corrected chi connectivity index (χ3v) is 2.20. The van der Waals surface area contributed by atoms with Crippen molar-refractivity contribution in [2.75, 3.05) is 13.1 Å². The molecule has 12 heavy (non-hydrogen) atoms. The van der Waals surface area contributed by atoms with Gasteiger partial charge in [-0.05, 0) is 31.4 Å². The standard InChI is InChI=1S/C11H17N/c1-3-5-10(6-4-2)11-7-8-12-9-11/h3-6,11-12H,1,7-9H2,2H3/b6-4-,10-5+. The molecule has 1 heteroatoms. The second kappa shape index (κ2) is 4.94. The first-order valence-electron chi connectivity index (χ1n) is 4.54. The van der Waals surface area contributed by atoms with Gasteiger partial charge >= 0.3 is 0 Å². The molecule has 1 saturated heterocycles. The van der Waals surface area contributed by atoms with Crippen molar-refractivity contribution in [2.24, 2.45) is 5.92 Å². The van der Waals surface area contributed by atoms with E-state index in [9.17, 15) is 0 Å². The summed E-state index contributed by atoms with van der Waals surface area (Å²) in [7, 11) is 0. The number of hydrogen-bond donors (Lipinski definition) is 1. The van der Waals surface area contributed by atoms with Crippen LogP contribution in [0.25, 0.3) is 0 Å². The molecule has 0 amide bonds. The molecule has 0 bridgehead atoms. The zero-order chi connectivity index (χ0) is 8.81. The smallest absolute Gasteiger partial charge is 0.00206 e. The van der Waals surface area contributed by atoms with Crippen LogP contribution in [0.15, 0.2) is 36.5 Å². The molecule has 1 aliphatic rings. The molecule has 1 nitrogen and oxygen atoms in total. The summed E-state index contributed by atoms with van der Waals surface area (Å²) in [6.07, 6.45) is 9.50. The van der Waals surface area contributed by atoms with Crippen molar-refractivity contribution in [2.45, 2.75) is 13.3 Å². The molecule has 0 saturated carbocycles. The average Bonchev–Trinajstić information content (AvgIpc) is 2.56. The first kappa shape index (κ1) is 9.27. The van der Waals surface area contributed by atoms with Gasteiger partial charge in [-0.15, -0.1) is 0 Å². The van der Waals surface area contributed by atoms with Gasteiger partial charge in [-0.2, -0.15) is 0 Å². The van der Waals surface area contributed by atoms with Crippen molar-refractivity contribution in [3.8, 4) is 0 Å². The number of nitrogens with one attached hydrogen (secondary N) is 1. The average molecular weight is 163 g/mol. The summed E-state index contributed by atoms with van der Waals surface area (Å²) < 4.78 is 0. The Kier molecular flexibility index (Phi) is 3.81. The van der Waals surface area contributed by atoms with Crippen molar-refractivity contribution < 1.29 is 0 Å². The van der Waals surface area contributed by atoms with Crippen molar-refractivity contribution >= 4 is 0 Å². The van der Waals surface area contributed by atoms with Crippen LogP contribution in [-0.4, -0.2) is 13.1 Å². The molecule has 66 valence electrons. The fraction of sp³-hybridized carbons (Fsp3) is 0.455. The Morgan fingerprint density at radius 1 is 1.58 bits per heavy atom. The Bertz CT molecular complexity index is 195. The van der Waals surface area contributed by atoms with Crippen LogP contribution in [0.4, 0.5) is 0 Å². The second-order valence-electron chi connectivity index (χ2n) is 3.09. The Balaban J connectivity index is 2.63. The topological polar surface area (TPSA) is 12.0 Å². The maximum atomic E-state index is 3.72. The van der Waals surface area contributed by atoms with E-state index in [4.69, 9.17) is 0 Å². The molecular weight excluding hydrogens is 146 g/mol. The van der Waals surface area contributed by atoms with E-state index < -0.39 is 0 Å². The summed E-state index contributed by atoms with van der Waals surface area (Å²) in [5.74, 6) is 0.694. The van der Waals surface area contributed by atoms with Gasteiger partial charge in [-0.1, -0.05) is 30.9 Å². The molecule has 1 heterocycles. The van der Waals surface area contributed by atoms with Gasteiger partial charge in [0.1, 0.15) is 0 Å². The third-order valence-electron chi connectivity index (χ3n) is 2.20. The molecule has 1 rings (SSSR count). The molecule has 0 aliphatic carbocycles. The van der Waals surface area contributed by atoms with Crippen LogP contribution < -0.4 is 5.32 Å². The van der Waals surface area contributed by atoms with Crippen LogP contribution in [0.2, 0.25) is 0 Å². The highest BCUT2D eigenvalue weighted by Gasteiger charge is 2.16. The van der Waals surface area contributed by atoms with Crippen LogP contribution >= 0.6 is 0 Å². The third kappa shape index (κ3) is 2.35. The summed E-state index contributed by atoms with van der Waals surface area (Å²) in [6, 6.07) is 0. The fourth-order valence-corrected chi connectivity index (χ4v) is 1.60. The quantitative estimate of drug-likeness (QED) is 0.629. The van der Waals surface area contributed by atoms with Crippen LogP contribution in [0, 0.1) is 5.92 Å². The molecule has 1 atom stereocenters. The predicted octanol–water partition coefficient (Wildman–Crippen LogP) is 2.28. The lowest BCUT2D eigenvalue weighted by molar-refractivity contribution is 0.698. The van der Waals surface area contributed by atoms with E-state index in [1.165, 1.54) is 12.0 Å². The summed E-state index contributed by atoms with van der Waals surface area (Å²) in [5.41, 5.74) is 1.40. The van der Waals surface area contributed by atoms with Gasteiger partial charge in [0.25, 0.3) is 0 Å². The highest BCUT2D eigenvalue weighted by Crippen LogP contribution is 2.19. The normalized spacial score (nSPS) is 25.1. The minimum Gasteiger partial charge on any atom is -0.316 e. The van der Waals surface area contributed by atoms with E-state index in [2.05, 4.69) is 37.0 Å². The van der Waals surface area contributed by atoms with Gasteiger partial charge in [0.2, 0.25) is 0 Å². The SMILES string of the molecule is C=C/C=C(\C=C/C)C1CCNC1. The Hall–Kier alpha value is -0.820. The van der Waals surface area contributed by atoms with Crippen LogP contribution in [0.5, 0.6) is 0 Å². The second-order valence-corrected chi connectivity index (χ2v) is 3.09. The first-order chi connectivity index (χ1) is 5.88. The summed E-state index contributed by atoms with van der Waals surface area (Å²) in [4.78, 5) is 0. The lowest BCUT2D eigenvalue weighted by Gasteiger charge is -2.08. The Morgan fingerprint density at radius 2 is 2.42 bits per heavy atom. The van der Waals surface area contributed by atoms with E-state index in [0.29, 0.717) is 5.92 Å². The van der Waals surface area contributed by atoms with E-state index in [1.807, 2.05) is 6.08 Å².